The van der Waals surface area contributed by atoms with Crippen LogP contribution in [0.15, 0.2) is 12.4 Å². The number of aryl methyl sites for hydroxylation is 1. The molecule has 0 radical (unpaired) electrons. The molecule has 1 saturated carbocycles. The van der Waals surface area contributed by atoms with E-state index in [1.165, 1.54) is 5.56 Å². The van der Waals surface area contributed by atoms with Crippen LogP contribution in [0.25, 0.3) is 0 Å². The van der Waals surface area contributed by atoms with E-state index in [2.05, 4.69) is 22.2 Å². The van der Waals surface area contributed by atoms with Crippen LogP contribution in [0.4, 0.5) is 5.95 Å². The van der Waals surface area contributed by atoms with Gasteiger partial charge in [-0.15, -0.1) is 0 Å². The largest absolute Gasteiger partial charge is 0.351 e. The summed E-state index contributed by atoms with van der Waals surface area (Å²) < 4.78 is 0. The fourth-order valence-electron chi connectivity index (χ4n) is 2.06. The molecule has 0 aromatic carbocycles. The molecule has 0 saturated heterocycles. The van der Waals surface area contributed by atoms with E-state index in [1.54, 1.807) is 0 Å². The van der Waals surface area contributed by atoms with Gasteiger partial charge in [-0.2, -0.15) is 0 Å². The van der Waals surface area contributed by atoms with Gasteiger partial charge in [0, 0.05) is 24.5 Å². The standard InChI is InChI=1S/C12H20N4/c1-2-9-7-14-12(15-8-9)16-11-5-3-10(13)4-6-11/h7-8,10-11H,2-6,13H2,1H3,(H,14,15,16). The first kappa shape index (κ1) is 11.3. The van der Waals surface area contributed by atoms with Crippen LogP contribution >= 0.6 is 0 Å². The molecule has 1 aliphatic rings. The number of nitrogens with two attached hydrogens (primary N) is 1. The molecular formula is C12H20N4. The number of rotatable bonds is 3. The van der Waals surface area contributed by atoms with E-state index in [-0.39, 0.29) is 0 Å². The van der Waals surface area contributed by atoms with Crippen molar-refractivity contribution in [2.24, 2.45) is 5.73 Å². The van der Waals surface area contributed by atoms with Gasteiger partial charge in [0.25, 0.3) is 0 Å². The summed E-state index contributed by atoms with van der Waals surface area (Å²) in [7, 11) is 0. The lowest BCUT2D eigenvalue weighted by atomic mass is 9.92. The van der Waals surface area contributed by atoms with Gasteiger partial charge in [0.2, 0.25) is 5.95 Å². The summed E-state index contributed by atoms with van der Waals surface area (Å²) in [6.07, 6.45) is 9.22. The van der Waals surface area contributed by atoms with Crippen LogP contribution < -0.4 is 11.1 Å². The van der Waals surface area contributed by atoms with Gasteiger partial charge in [0.1, 0.15) is 0 Å². The summed E-state index contributed by atoms with van der Waals surface area (Å²) >= 11 is 0. The Morgan fingerprint density at radius 3 is 2.44 bits per heavy atom. The molecule has 2 rings (SSSR count). The van der Waals surface area contributed by atoms with Crippen molar-refractivity contribution in [1.29, 1.82) is 0 Å². The fraction of sp³-hybridized carbons (Fsp3) is 0.667. The first-order valence-corrected chi connectivity index (χ1v) is 6.11. The molecule has 16 heavy (non-hydrogen) atoms. The number of nitrogens with zero attached hydrogens (tertiary/aromatic N) is 2. The molecule has 4 heteroatoms. The molecule has 1 aromatic rings. The van der Waals surface area contributed by atoms with Gasteiger partial charge >= 0.3 is 0 Å². The third-order valence-electron chi connectivity index (χ3n) is 3.22. The summed E-state index contributed by atoms with van der Waals surface area (Å²) in [6.45, 7) is 2.11. The van der Waals surface area contributed by atoms with Gasteiger partial charge in [0.05, 0.1) is 0 Å². The van der Waals surface area contributed by atoms with Crippen molar-refractivity contribution in [3.63, 3.8) is 0 Å². The van der Waals surface area contributed by atoms with Crippen LogP contribution in [-0.2, 0) is 6.42 Å². The molecule has 0 spiro atoms. The van der Waals surface area contributed by atoms with Crippen LogP contribution in [0, 0.1) is 0 Å². The maximum atomic E-state index is 5.87. The van der Waals surface area contributed by atoms with Gasteiger partial charge in [-0.05, 0) is 37.7 Å². The van der Waals surface area contributed by atoms with Crippen molar-refractivity contribution >= 4 is 5.95 Å². The molecule has 3 N–H and O–H groups in total. The smallest absolute Gasteiger partial charge is 0.222 e. The highest BCUT2D eigenvalue weighted by atomic mass is 15.1. The Balaban J connectivity index is 1.88. The zero-order chi connectivity index (χ0) is 11.4. The predicted octanol–water partition coefficient (Wildman–Crippen LogP) is 1.72. The highest BCUT2D eigenvalue weighted by Crippen LogP contribution is 2.19. The molecule has 1 aliphatic carbocycles. The Hall–Kier alpha value is -1.16. The summed E-state index contributed by atoms with van der Waals surface area (Å²) in [6, 6.07) is 0.883. The van der Waals surface area contributed by atoms with Crippen LogP contribution in [0.2, 0.25) is 0 Å². The number of hydrogen-bond acceptors (Lipinski definition) is 4. The zero-order valence-electron chi connectivity index (χ0n) is 9.82. The Morgan fingerprint density at radius 1 is 1.25 bits per heavy atom. The second-order valence-electron chi connectivity index (χ2n) is 4.52. The van der Waals surface area contributed by atoms with Crippen LogP contribution in [0.5, 0.6) is 0 Å². The molecule has 0 bridgehead atoms. The number of aromatic nitrogens is 2. The Morgan fingerprint density at radius 2 is 1.88 bits per heavy atom. The first-order chi connectivity index (χ1) is 7.78. The zero-order valence-corrected chi connectivity index (χ0v) is 9.82. The van der Waals surface area contributed by atoms with Crippen molar-refractivity contribution in [2.75, 3.05) is 5.32 Å². The van der Waals surface area contributed by atoms with E-state index in [4.69, 9.17) is 5.73 Å². The number of anilines is 1. The lowest BCUT2D eigenvalue weighted by Crippen LogP contribution is -2.33. The van der Waals surface area contributed by atoms with Gasteiger partial charge in [0.15, 0.2) is 0 Å². The molecule has 88 valence electrons. The Kier molecular flexibility index (Phi) is 3.72. The predicted molar refractivity (Wildman–Crippen MR) is 65.3 cm³/mol. The van der Waals surface area contributed by atoms with Crippen molar-refractivity contribution in [3.8, 4) is 0 Å². The van der Waals surface area contributed by atoms with E-state index >= 15 is 0 Å². The molecule has 0 atom stereocenters. The van der Waals surface area contributed by atoms with E-state index in [0.717, 1.165) is 38.1 Å². The molecule has 1 aromatic heterocycles. The highest BCUT2D eigenvalue weighted by molar-refractivity contribution is 5.26. The summed E-state index contributed by atoms with van der Waals surface area (Å²) in [5.74, 6) is 0.748. The minimum atomic E-state index is 0.390. The molecule has 1 fully saturated rings. The normalized spacial score (nSPS) is 25.4. The monoisotopic (exact) mass is 220 g/mol. The van der Waals surface area contributed by atoms with Gasteiger partial charge in [-0.25, -0.2) is 9.97 Å². The quantitative estimate of drug-likeness (QED) is 0.814. The van der Waals surface area contributed by atoms with Gasteiger partial charge in [-0.3, -0.25) is 0 Å². The fourth-order valence-corrected chi connectivity index (χ4v) is 2.06. The second kappa shape index (κ2) is 5.25. The van der Waals surface area contributed by atoms with E-state index < -0.39 is 0 Å². The summed E-state index contributed by atoms with van der Waals surface area (Å²) in [5, 5.41) is 3.37. The maximum Gasteiger partial charge on any atom is 0.222 e. The Labute approximate surface area is 96.7 Å². The van der Waals surface area contributed by atoms with Gasteiger partial charge < -0.3 is 11.1 Å². The molecule has 0 aliphatic heterocycles. The molecular weight excluding hydrogens is 200 g/mol. The Bertz CT molecular complexity index is 314. The van der Waals surface area contributed by atoms with E-state index in [1.807, 2.05) is 12.4 Å². The number of hydrogen-bond donors (Lipinski definition) is 2. The van der Waals surface area contributed by atoms with Crippen LogP contribution in [0.1, 0.15) is 38.2 Å². The number of nitrogens with one attached hydrogen (secondary N) is 1. The summed E-state index contributed by atoms with van der Waals surface area (Å²) in [5.41, 5.74) is 7.05. The minimum absolute atomic E-state index is 0.390. The maximum absolute atomic E-state index is 5.87. The molecule has 0 amide bonds. The third-order valence-corrected chi connectivity index (χ3v) is 3.22. The van der Waals surface area contributed by atoms with Crippen molar-refractivity contribution in [3.05, 3.63) is 18.0 Å². The van der Waals surface area contributed by atoms with Crippen molar-refractivity contribution in [1.82, 2.24) is 9.97 Å². The van der Waals surface area contributed by atoms with Crippen LogP contribution in [0.3, 0.4) is 0 Å². The average molecular weight is 220 g/mol. The molecule has 0 unspecified atom stereocenters. The minimum Gasteiger partial charge on any atom is -0.351 e. The lowest BCUT2D eigenvalue weighted by Gasteiger charge is -2.26. The first-order valence-electron chi connectivity index (χ1n) is 6.11. The third kappa shape index (κ3) is 2.92. The lowest BCUT2D eigenvalue weighted by molar-refractivity contribution is 0.410. The molecule has 4 nitrogen and oxygen atoms in total. The van der Waals surface area contributed by atoms with Crippen molar-refractivity contribution < 1.29 is 0 Å². The van der Waals surface area contributed by atoms with E-state index in [0.29, 0.717) is 12.1 Å². The van der Waals surface area contributed by atoms with Crippen molar-refractivity contribution in [2.45, 2.75) is 51.1 Å². The highest BCUT2D eigenvalue weighted by Gasteiger charge is 2.18. The molecule has 1 heterocycles. The van der Waals surface area contributed by atoms with E-state index in [9.17, 15) is 0 Å². The second-order valence-corrected chi connectivity index (χ2v) is 4.52. The topological polar surface area (TPSA) is 63.8 Å². The summed E-state index contributed by atoms with van der Waals surface area (Å²) in [4.78, 5) is 8.62. The van der Waals surface area contributed by atoms with Gasteiger partial charge in [-0.1, -0.05) is 6.92 Å². The van der Waals surface area contributed by atoms with Crippen LogP contribution in [-0.4, -0.2) is 22.1 Å². The average Bonchev–Trinajstić information content (AvgIpc) is 2.33. The SMILES string of the molecule is CCc1cnc(NC2CCC(N)CC2)nc1.